The van der Waals surface area contributed by atoms with Gasteiger partial charge in [0.05, 0.1) is 11.7 Å². The molecule has 2 N–H and O–H groups in total. The Balaban J connectivity index is 1.26. The van der Waals surface area contributed by atoms with Crippen LogP contribution in [0, 0.1) is 0 Å². The monoisotopic (exact) mass is 477 g/mol. The summed E-state index contributed by atoms with van der Waals surface area (Å²) in [6.07, 6.45) is 0.591. The molecule has 2 aliphatic heterocycles. The van der Waals surface area contributed by atoms with E-state index in [2.05, 4.69) is 17.4 Å². The number of carboxylic acids is 1. The second-order valence-electron chi connectivity index (χ2n) is 8.90. The van der Waals surface area contributed by atoms with E-state index in [-0.39, 0.29) is 11.7 Å². The van der Waals surface area contributed by atoms with Crippen molar-refractivity contribution >= 4 is 11.8 Å². The van der Waals surface area contributed by atoms with Gasteiger partial charge >= 0.3 is 12.1 Å². The molecule has 0 bridgehead atoms. The van der Waals surface area contributed by atoms with Crippen LogP contribution in [0.4, 0.5) is 19.0 Å². The van der Waals surface area contributed by atoms with Gasteiger partial charge in [0.1, 0.15) is 11.9 Å². The number of pyridine rings is 1. The number of hydrogen-bond donors (Lipinski definition) is 2. The van der Waals surface area contributed by atoms with Crippen LogP contribution in [0.3, 0.4) is 0 Å². The van der Waals surface area contributed by atoms with E-state index in [1.165, 1.54) is 23.8 Å². The molecule has 9 heteroatoms. The SMILES string of the molecule is O=C(O)C(c1ccccc1C(F)(F)F)N1CC[C@@H](OCCCCc2ccc3c(n2)NCCC3)C1. The van der Waals surface area contributed by atoms with Crippen molar-refractivity contribution in [3.05, 3.63) is 58.8 Å². The van der Waals surface area contributed by atoms with Crippen molar-refractivity contribution in [3.8, 4) is 0 Å². The minimum absolute atomic E-state index is 0.189. The molecule has 2 atom stereocenters. The Morgan fingerprint density at radius 1 is 1.24 bits per heavy atom. The Kier molecular flexibility index (Phi) is 7.73. The summed E-state index contributed by atoms with van der Waals surface area (Å²) in [6.45, 7) is 2.15. The van der Waals surface area contributed by atoms with Crippen LogP contribution in [-0.2, 0) is 28.5 Å². The van der Waals surface area contributed by atoms with Gasteiger partial charge in [0, 0.05) is 31.9 Å². The number of benzene rings is 1. The van der Waals surface area contributed by atoms with Gasteiger partial charge in [0.2, 0.25) is 0 Å². The normalized spacial score (nSPS) is 19.4. The van der Waals surface area contributed by atoms with E-state index in [1.807, 2.05) is 0 Å². The molecule has 0 saturated carbocycles. The van der Waals surface area contributed by atoms with E-state index < -0.39 is 23.8 Å². The average Bonchev–Trinajstić information content (AvgIpc) is 3.26. The van der Waals surface area contributed by atoms with Crippen molar-refractivity contribution in [1.82, 2.24) is 9.88 Å². The lowest BCUT2D eigenvalue weighted by Gasteiger charge is -2.27. The lowest BCUT2D eigenvalue weighted by Crippen LogP contribution is -2.34. The van der Waals surface area contributed by atoms with Gasteiger partial charge < -0.3 is 15.2 Å². The number of anilines is 1. The molecule has 0 spiro atoms. The van der Waals surface area contributed by atoms with Gasteiger partial charge in [-0.15, -0.1) is 0 Å². The Morgan fingerprint density at radius 3 is 2.85 bits per heavy atom. The third-order valence-electron chi connectivity index (χ3n) is 6.47. The third-order valence-corrected chi connectivity index (χ3v) is 6.47. The van der Waals surface area contributed by atoms with Crippen LogP contribution in [0.2, 0.25) is 0 Å². The van der Waals surface area contributed by atoms with Crippen LogP contribution >= 0.6 is 0 Å². The van der Waals surface area contributed by atoms with Crippen molar-refractivity contribution in [2.45, 2.75) is 56.8 Å². The molecular weight excluding hydrogens is 447 g/mol. The number of carboxylic acid groups (broad SMARTS) is 1. The maximum atomic E-state index is 13.4. The molecule has 0 aliphatic carbocycles. The van der Waals surface area contributed by atoms with E-state index in [0.717, 1.165) is 56.2 Å². The maximum Gasteiger partial charge on any atom is 0.416 e. The number of aliphatic carboxylic acids is 1. The molecule has 4 rings (SSSR count). The molecule has 1 saturated heterocycles. The van der Waals surface area contributed by atoms with E-state index >= 15 is 0 Å². The summed E-state index contributed by atoms with van der Waals surface area (Å²) in [5, 5.41) is 13.1. The number of hydrogen-bond acceptors (Lipinski definition) is 5. The van der Waals surface area contributed by atoms with Crippen LogP contribution < -0.4 is 5.32 Å². The van der Waals surface area contributed by atoms with E-state index in [0.29, 0.717) is 26.1 Å². The minimum Gasteiger partial charge on any atom is -0.480 e. The number of likely N-dealkylation sites (tertiary alicyclic amines) is 1. The fourth-order valence-corrected chi connectivity index (χ4v) is 4.77. The van der Waals surface area contributed by atoms with Gasteiger partial charge in [-0.3, -0.25) is 9.69 Å². The Bertz CT molecular complexity index is 999. The molecule has 2 aliphatic rings. The smallest absolute Gasteiger partial charge is 0.416 e. The van der Waals surface area contributed by atoms with E-state index in [9.17, 15) is 23.1 Å². The summed E-state index contributed by atoms with van der Waals surface area (Å²) in [5.74, 6) is -0.296. The maximum absolute atomic E-state index is 13.4. The molecule has 34 heavy (non-hydrogen) atoms. The number of rotatable bonds is 9. The first-order chi connectivity index (χ1) is 16.3. The average molecular weight is 478 g/mol. The number of carbonyl (C=O) groups is 1. The van der Waals surface area contributed by atoms with Crippen molar-refractivity contribution in [2.75, 3.05) is 31.6 Å². The molecule has 1 aromatic heterocycles. The van der Waals surface area contributed by atoms with Crippen molar-refractivity contribution in [1.29, 1.82) is 0 Å². The molecule has 6 nitrogen and oxygen atoms in total. The van der Waals surface area contributed by atoms with Gasteiger partial charge in [-0.2, -0.15) is 13.2 Å². The first-order valence-electron chi connectivity index (χ1n) is 11.8. The summed E-state index contributed by atoms with van der Waals surface area (Å²) in [5.41, 5.74) is 1.18. The number of nitrogens with one attached hydrogen (secondary N) is 1. The quantitative estimate of drug-likeness (QED) is 0.510. The second kappa shape index (κ2) is 10.7. The molecule has 184 valence electrons. The minimum atomic E-state index is -4.61. The van der Waals surface area contributed by atoms with Crippen molar-refractivity contribution in [3.63, 3.8) is 0 Å². The first kappa shape index (κ1) is 24.5. The lowest BCUT2D eigenvalue weighted by atomic mass is 9.99. The second-order valence-corrected chi connectivity index (χ2v) is 8.90. The summed E-state index contributed by atoms with van der Waals surface area (Å²) in [6, 6.07) is 7.77. The number of unbranched alkanes of at least 4 members (excludes halogenated alkanes) is 1. The van der Waals surface area contributed by atoms with Gasteiger partial charge in [-0.25, -0.2) is 4.98 Å². The third kappa shape index (κ3) is 5.88. The topological polar surface area (TPSA) is 74.7 Å². The summed E-state index contributed by atoms with van der Waals surface area (Å²) in [7, 11) is 0. The fraction of sp³-hybridized carbons (Fsp3) is 0.520. The largest absolute Gasteiger partial charge is 0.480 e. The van der Waals surface area contributed by atoms with Crippen LogP contribution in [-0.4, -0.2) is 53.3 Å². The molecule has 0 radical (unpaired) electrons. The molecule has 3 heterocycles. The van der Waals surface area contributed by atoms with Crippen molar-refractivity contribution in [2.24, 2.45) is 0 Å². The van der Waals surface area contributed by atoms with Crippen LogP contribution in [0.5, 0.6) is 0 Å². The Labute approximate surface area is 197 Å². The van der Waals surface area contributed by atoms with Gasteiger partial charge in [-0.05, 0) is 61.8 Å². The number of fused-ring (bicyclic) bond motifs is 1. The van der Waals surface area contributed by atoms with Crippen LogP contribution in [0.15, 0.2) is 36.4 Å². The molecule has 1 fully saturated rings. The summed E-state index contributed by atoms with van der Waals surface area (Å²) >= 11 is 0. The zero-order chi connectivity index (χ0) is 24.1. The number of alkyl halides is 3. The highest BCUT2D eigenvalue weighted by Gasteiger charge is 2.40. The van der Waals surface area contributed by atoms with Gasteiger partial charge in [0.25, 0.3) is 0 Å². The highest BCUT2D eigenvalue weighted by atomic mass is 19.4. The zero-order valence-corrected chi connectivity index (χ0v) is 19.0. The molecule has 0 amide bonds. The van der Waals surface area contributed by atoms with Crippen LogP contribution in [0.25, 0.3) is 0 Å². The zero-order valence-electron chi connectivity index (χ0n) is 19.0. The predicted molar refractivity (Wildman–Crippen MR) is 122 cm³/mol. The number of aryl methyl sites for hydroxylation is 2. The summed E-state index contributed by atoms with van der Waals surface area (Å²) < 4.78 is 46.2. The van der Waals surface area contributed by atoms with Crippen LogP contribution in [0.1, 0.15) is 54.1 Å². The standard InChI is InChI=1S/C25H30F3N3O3/c26-25(27,28)21-9-2-1-8-20(21)22(24(32)33)31-14-12-19(16-31)34-15-4-3-7-18-11-10-17-6-5-13-29-23(17)30-18/h1-2,8-11,19,22H,3-7,12-16H2,(H,29,30)(H,32,33)/t19-,22?/m1/s1. The number of nitrogens with zero attached hydrogens (tertiary/aromatic N) is 2. The Morgan fingerprint density at radius 2 is 2.06 bits per heavy atom. The van der Waals surface area contributed by atoms with E-state index in [1.54, 1.807) is 4.90 Å². The van der Waals surface area contributed by atoms with E-state index in [4.69, 9.17) is 9.72 Å². The molecule has 1 aromatic carbocycles. The Hall–Kier alpha value is -2.65. The van der Waals surface area contributed by atoms with Gasteiger partial charge in [0.15, 0.2) is 0 Å². The number of ether oxygens (including phenoxy) is 1. The highest BCUT2D eigenvalue weighted by molar-refractivity contribution is 5.76. The molecule has 1 unspecified atom stereocenters. The predicted octanol–water partition coefficient (Wildman–Crippen LogP) is 4.70. The number of aromatic nitrogens is 1. The van der Waals surface area contributed by atoms with Gasteiger partial charge in [-0.1, -0.05) is 24.3 Å². The number of halogens is 3. The first-order valence-corrected chi connectivity index (χ1v) is 11.8. The lowest BCUT2D eigenvalue weighted by molar-refractivity contribution is -0.145. The molecule has 2 aromatic rings. The summed E-state index contributed by atoms with van der Waals surface area (Å²) in [4.78, 5) is 18.2. The fourth-order valence-electron chi connectivity index (χ4n) is 4.77. The highest BCUT2D eigenvalue weighted by Crippen LogP contribution is 2.37. The van der Waals surface area contributed by atoms with Crippen molar-refractivity contribution < 1.29 is 27.8 Å². The molecular formula is C25H30F3N3O3.